The first kappa shape index (κ1) is 15.4. The maximum absolute atomic E-state index is 10.7. The lowest BCUT2D eigenvalue weighted by molar-refractivity contribution is 0.118. The molecule has 3 aliphatic rings. The van der Waals surface area contributed by atoms with Gasteiger partial charge in [-0.3, -0.25) is 0 Å². The van der Waals surface area contributed by atoms with Crippen molar-refractivity contribution in [2.75, 3.05) is 27.6 Å². The Kier molecular flexibility index (Phi) is 3.30. The second-order valence-corrected chi connectivity index (χ2v) is 6.59. The van der Waals surface area contributed by atoms with Gasteiger partial charge in [-0.05, 0) is 40.6 Å². The van der Waals surface area contributed by atoms with E-state index in [9.17, 15) is 5.11 Å². The van der Waals surface area contributed by atoms with Crippen LogP contribution in [-0.2, 0) is 0 Å². The summed E-state index contributed by atoms with van der Waals surface area (Å²) in [5.41, 5.74) is 1.92. The predicted octanol–water partition coefficient (Wildman–Crippen LogP) is 1.05. The molecular weight excluding hydrogens is 334 g/mol. The van der Waals surface area contributed by atoms with Gasteiger partial charge < -0.3 is 29.0 Å². The fourth-order valence-corrected chi connectivity index (χ4v) is 4.01. The van der Waals surface area contributed by atoms with E-state index in [4.69, 9.17) is 18.9 Å². The molecule has 1 N–H and O–H groups in total. The maximum Gasteiger partial charge on any atom is 0.231 e. The number of aliphatic hydroxyl groups is 1. The van der Waals surface area contributed by atoms with E-state index in [1.807, 2.05) is 30.5 Å². The van der Waals surface area contributed by atoms with Crippen molar-refractivity contribution in [1.29, 1.82) is 0 Å². The van der Waals surface area contributed by atoms with Crippen molar-refractivity contribution in [2.24, 2.45) is 0 Å². The second kappa shape index (κ2) is 5.57. The van der Waals surface area contributed by atoms with Gasteiger partial charge in [0.15, 0.2) is 23.0 Å². The van der Waals surface area contributed by atoms with Gasteiger partial charge in [-0.1, -0.05) is 6.07 Å². The van der Waals surface area contributed by atoms with Crippen LogP contribution in [0.2, 0.25) is 0 Å². The third-order valence-electron chi connectivity index (χ3n) is 5.25. The molecule has 1 unspecified atom stereocenters. The first-order valence-electron chi connectivity index (χ1n) is 8.51. The molecule has 2 aromatic rings. The van der Waals surface area contributed by atoms with Crippen LogP contribution in [0.15, 0.2) is 24.3 Å². The number of fused-ring (bicyclic) bond motifs is 5. The monoisotopic (exact) mass is 353 g/mol. The highest BCUT2D eigenvalue weighted by Gasteiger charge is 2.33. The fourth-order valence-electron chi connectivity index (χ4n) is 4.01. The Labute approximate surface area is 150 Å². The van der Waals surface area contributed by atoms with Crippen molar-refractivity contribution < 1.29 is 24.1 Å². The lowest BCUT2D eigenvalue weighted by Gasteiger charge is -2.39. The molecule has 3 heterocycles. The molecule has 0 aliphatic carbocycles. The molecule has 0 amide bonds. The molecule has 0 radical (unpaired) electrons. The zero-order valence-corrected chi connectivity index (χ0v) is 14.6. The molecule has 26 heavy (non-hydrogen) atoms. The van der Waals surface area contributed by atoms with Crippen molar-refractivity contribution in [2.45, 2.75) is 12.1 Å². The number of hydrogen-bond acceptors (Lipinski definition) is 6. The molecule has 0 saturated heterocycles. The highest BCUT2D eigenvalue weighted by atomic mass is 16.7. The van der Waals surface area contributed by atoms with Crippen LogP contribution in [0.5, 0.6) is 23.0 Å². The minimum Gasteiger partial charge on any atom is -0.493 e. The van der Waals surface area contributed by atoms with E-state index in [2.05, 4.69) is 11.0 Å². The van der Waals surface area contributed by atoms with Crippen LogP contribution >= 0.6 is 0 Å². The van der Waals surface area contributed by atoms with E-state index in [1.54, 1.807) is 14.2 Å². The summed E-state index contributed by atoms with van der Waals surface area (Å²) in [7, 11) is 3.27. The normalized spacial score (nSPS) is 21.7. The topological polar surface area (TPSA) is 60.4 Å². The first-order chi connectivity index (χ1) is 12.7. The van der Waals surface area contributed by atoms with Crippen LogP contribution < -0.4 is 29.4 Å². The molecule has 6 nitrogen and oxygen atoms in total. The van der Waals surface area contributed by atoms with Gasteiger partial charge in [0.2, 0.25) is 6.79 Å². The van der Waals surface area contributed by atoms with Crippen molar-refractivity contribution >= 4 is 12.3 Å². The Morgan fingerprint density at radius 1 is 1.08 bits per heavy atom. The summed E-state index contributed by atoms with van der Waals surface area (Å²) in [6.07, 6.45) is 3.63. The molecule has 0 bridgehead atoms. The van der Waals surface area contributed by atoms with Gasteiger partial charge in [0.05, 0.1) is 26.4 Å². The number of methoxy groups -OCH3 is 2. The summed E-state index contributed by atoms with van der Waals surface area (Å²) in [5, 5.41) is 12.7. The molecule has 0 spiro atoms. The molecular formula is C20H19NO5. The SMILES string of the molecule is COc1ccc2c(c1OC)=CN1C[C@H](O)c3cc4c(cc3C1C=2)OCO4. The van der Waals surface area contributed by atoms with Gasteiger partial charge in [0, 0.05) is 18.0 Å². The van der Waals surface area contributed by atoms with Gasteiger partial charge in [0.25, 0.3) is 0 Å². The zero-order chi connectivity index (χ0) is 17.8. The average molecular weight is 353 g/mol. The highest BCUT2D eigenvalue weighted by molar-refractivity contribution is 5.59. The van der Waals surface area contributed by atoms with Crippen molar-refractivity contribution in [3.05, 3.63) is 45.8 Å². The van der Waals surface area contributed by atoms with Gasteiger partial charge in [-0.15, -0.1) is 0 Å². The fraction of sp³-hybridized carbons (Fsp3) is 0.300. The number of benzene rings is 2. The minimum atomic E-state index is -0.599. The molecule has 0 aromatic heterocycles. The molecule has 134 valence electrons. The number of hydrogen-bond donors (Lipinski definition) is 1. The third kappa shape index (κ3) is 2.08. The minimum absolute atomic E-state index is 0.0218. The summed E-state index contributed by atoms with van der Waals surface area (Å²) < 4.78 is 22.0. The van der Waals surface area contributed by atoms with Crippen LogP contribution in [0.1, 0.15) is 23.3 Å². The molecule has 2 atom stereocenters. The standard InChI is InChI=1S/C20H19NO5/c1-23-17-4-3-11-5-15-12-6-18-19(26-10-25-18)7-13(12)16(22)9-21(15)8-14(11)20(17)24-2/h3-8,15-16,22H,9-10H2,1-2H3/t15?,16-/m0/s1. The van der Waals surface area contributed by atoms with Crippen molar-refractivity contribution in [3.8, 4) is 23.0 Å². The molecule has 0 fully saturated rings. The van der Waals surface area contributed by atoms with E-state index in [-0.39, 0.29) is 12.8 Å². The number of ether oxygens (including phenoxy) is 4. The quantitative estimate of drug-likeness (QED) is 0.871. The first-order valence-corrected chi connectivity index (χ1v) is 8.51. The Hall–Kier alpha value is -2.86. The molecule has 3 aliphatic heterocycles. The molecule has 0 saturated carbocycles. The van der Waals surface area contributed by atoms with E-state index >= 15 is 0 Å². The van der Waals surface area contributed by atoms with Gasteiger partial charge >= 0.3 is 0 Å². The Morgan fingerprint density at radius 2 is 1.85 bits per heavy atom. The average Bonchev–Trinajstić information content (AvgIpc) is 3.12. The molecule has 5 rings (SSSR count). The summed E-state index contributed by atoms with van der Waals surface area (Å²) in [5.74, 6) is 2.81. The van der Waals surface area contributed by atoms with E-state index in [0.29, 0.717) is 23.8 Å². The van der Waals surface area contributed by atoms with E-state index < -0.39 is 6.10 Å². The summed E-state index contributed by atoms with van der Waals surface area (Å²) in [4.78, 5) is 2.12. The predicted molar refractivity (Wildman–Crippen MR) is 94.7 cm³/mol. The van der Waals surface area contributed by atoms with Gasteiger partial charge in [0.1, 0.15) is 0 Å². The maximum atomic E-state index is 10.7. The molecule has 2 aromatic carbocycles. The van der Waals surface area contributed by atoms with Gasteiger partial charge in [-0.25, -0.2) is 0 Å². The van der Waals surface area contributed by atoms with Crippen LogP contribution in [0.25, 0.3) is 12.3 Å². The zero-order valence-electron chi connectivity index (χ0n) is 14.6. The largest absolute Gasteiger partial charge is 0.493 e. The number of aliphatic hydroxyl groups excluding tert-OH is 1. The van der Waals surface area contributed by atoms with Crippen LogP contribution in [0.3, 0.4) is 0 Å². The lowest BCUT2D eigenvalue weighted by atomic mass is 9.88. The summed E-state index contributed by atoms with van der Waals surface area (Å²) in [6, 6.07) is 7.84. The van der Waals surface area contributed by atoms with Crippen molar-refractivity contribution in [1.82, 2.24) is 4.90 Å². The van der Waals surface area contributed by atoms with Crippen LogP contribution in [0.4, 0.5) is 0 Å². The van der Waals surface area contributed by atoms with E-state index in [1.165, 1.54) is 0 Å². The Balaban J connectivity index is 1.71. The lowest BCUT2D eigenvalue weighted by Crippen LogP contribution is -2.42. The summed E-state index contributed by atoms with van der Waals surface area (Å²) in [6.45, 7) is 0.714. The number of nitrogens with zero attached hydrogens (tertiary/aromatic N) is 1. The smallest absolute Gasteiger partial charge is 0.231 e. The number of rotatable bonds is 2. The van der Waals surface area contributed by atoms with Gasteiger partial charge in [-0.2, -0.15) is 0 Å². The van der Waals surface area contributed by atoms with Crippen LogP contribution in [-0.4, -0.2) is 37.6 Å². The Morgan fingerprint density at radius 3 is 2.58 bits per heavy atom. The van der Waals surface area contributed by atoms with Crippen molar-refractivity contribution in [3.63, 3.8) is 0 Å². The third-order valence-corrected chi connectivity index (χ3v) is 5.25. The molecule has 6 heteroatoms. The highest BCUT2D eigenvalue weighted by Crippen LogP contribution is 2.44. The Bertz CT molecular complexity index is 1020. The van der Waals surface area contributed by atoms with Crippen LogP contribution in [0, 0.1) is 0 Å². The van der Waals surface area contributed by atoms with E-state index in [0.717, 1.165) is 27.3 Å². The summed E-state index contributed by atoms with van der Waals surface area (Å²) >= 11 is 0. The second-order valence-electron chi connectivity index (χ2n) is 6.59.